The average molecular weight is 528 g/mol. The molecule has 3 N–H and O–H groups in total. The number of carboxylic acids is 2. The highest BCUT2D eigenvalue weighted by Crippen LogP contribution is 2.47. The lowest BCUT2D eigenvalue weighted by Gasteiger charge is -2.22. The summed E-state index contributed by atoms with van der Waals surface area (Å²) in [5.74, 6) is -3.59. The van der Waals surface area contributed by atoms with E-state index >= 15 is 0 Å². The van der Waals surface area contributed by atoms with E-state index in [0.29, 0.717) is 39.4 Å². The van der Waals surface area contributed by atoms with Crippen molar-refractivity contribution in [2.24, 2.45) is 4.99 Å². The number of hydrogen-bond donors (Lipinski definition) is 3. The lowest BCUT2D eigenvalue weighted by Crippen LogP contribution is -2.25. The molecule has 0 radical (unpaired) electrons. The minimum absolute atomic E-state index is 0.0169. The van der Waals surface area contributed by atoms with Crippen LogP contribution in [0.2, 0.25) is 0 Å². The molecule has 10 nitrogen and oxygen atoms in total. The van der Waals surface area contributed by atoms with E-state index in [4.69, 9.17) is 0 Å². The Hall–Kier alpha value is -5.77. The summed E-state index contributed by atoms with van der Waals surface area (Å²) >= 11 is 0. The zero-order valence-electron chi connectivity index (χ0n) is 20.4. The van der Waals surface area contributed by atoms with Crippen molar-refractivity contribution in [2.45, 2.75) is 6.04 Å². The van der Waals surface area contributed by atoms with Crippen molar-refractivity contribution in [3.8, 4) is 17.1 Å². The summed E-state index contributed by atoms with van der Waals surface area (Å²) in [4.78, 5) is 47.7. The second-order valence-corrected chi connectivity index (χ2v) is 9.79. The summed E-state index contributed by atoms with van der Waals surface area (Å²) in [6, 6.07) is 16.3. The quantitative estimate of drug-likeness (QED) is 0.308. The molecule has 1 aromatic heterocycles. The Bertz CT molecular complexity index is 2110. The number of rotatable bonds is 3. The molecular weight excluding hydrogens is 512 g/mol. The van der Waals surface area contributed by atoms with Gasteiger partial charge in [0.25, 0.3) is 5.91 Å². The van der Waals surface area contributed by atoms with Crippen molar-refractivity contribution in [2.75, 3.05) is 0 Å². The first-order chi connectivity index (χ1) is 19.3. The number of carboxylic acid groups (broad SMARTS) is 2. The van der Waals surface area contributed by atoms with E-state index in [1.54, 1.807) is 6.07 Å². The lowest BCUT2D eigenvalue weighted by molar-refractivity contribution is -0.139. The standard InChI is InChI=1S/C30H16N4O6/c35-27-17(11-21-25-15(9-23(29(37)38)33(21)27)13-5-1-3-7-19(13)31-25)18-12-22-26-16(14-6-2-4-8-20(14)32-26)10-24(30(39)40)34(22)28(18)36/h1-12,23,35H,(H,37,38)(H,39,40). The molecule has 0 amide bonds. The highest BCUT2D eigenvalue weighted by molar-refractivity contribution is 6.37. The van der Waals surface area contributed by atoms with Gasteiger partial charge in [0.15, 0.2) is 6.04 Å². The monoisotopic (exact) mass is 528 g/mol. The molecular formula is C30H16N4O6. The van der Waals surface area contributed by atoms with Gasteiger partial charge in [-0.25, -0.2) is 19.6 Å². The summed E-state index contributed by atoms with van der Waals surface area (Å²) in [7, 11) is 0. The van der Waals surface area contributed by atoms with Gasteiger partial charge in [0.1, 0.15) is 5.69 Å². The molecule has 0 saturated carbocycles. The first-order valence-electron chi connectivity index (χ1n) is 12.4. The number of benzene rings is 2. The lowest BCUT2D eigenvalue weighted by atomic mass is 9.95. The van der Waals surface area contributed by atoms with Gasteiger partial charge in [-0.05, 0) is 36.4 Å². The minimum Gasteiger partial charge on any atom is -0.494 e. The molecule has 0 saturated heterocycles. The van der Waals surface area contributed by atoms with Gasteiger partial charge in [-0.1, -0.05) is 36.4 Å². The summed E-state index contributed by atoms with van der Waals surface area (Å²) in [6.07, 6.45) is 3.03. The van der Waals surface area contributed by atoms with Crippen molar-refractivity contribution in [3.63, 3.8) is 0 Å². The summed E-state index contributed by atoms with van der Waals surface area (Å²) in [5.41, 5.74) is 4.70. The number of carbonyl (C=O) groups is 3. The number of aliphatic carboxylic acids is 1. The predicted octanol–water partition coefficient (Wildman–Crippen LogP) is 4.70. The van der Waals surface area contributed by atoms with E-state index < -0.39 is 29.8 Å². The number of pyridine rings is 1. The van der Waals surface area contributed by atoms with Crippen molar-refractivity contribution >= 4 is 57.4 Å². The van der Waals surface area contributed by atoms with E-state index in [1.807, 2.05) is 42.5 Å². The molecule has 0 fully saturated rings. The molecule has 40 heavy (non-hydrogen) atoms. The fourth-order valence-corrected chi connectivity index (χ4v) is 5.97. The van der Waals surface area contributed by atoms with Crippen LogP contribution in [-0.2, 0) is 4.79 Å². The molecule has 8 rings (SSSR count). The van der Waals surface area contributed by atoms with Crippen LogP contribution in [0, 0.1) is 0 Å². The smallest absolute Gasteiger partial charge is 0.353 e. The molecule has 2 aromatic carbocycles. The van der Waals surface area contributed by atoms with Crippen LogP contribution in [0.5, 0.6) is 5.88 Å². The van der Waals surface area contributed by atoms with Gasteiger partial charge in [-0.15, -0.1) is 0 Å². The fourth-order valence-electron chi connectivity index (χ4n) is 5.97. The topological polar surface area (TPSA) is 147 Å². The molecule has 192 valence electrons. The maximum absolute atomic E-state index is 13.8. The van der Waals surface area contributed by atoms with Crippen molar-refractivity contribution in [3.05, 3.63) is 94.9 Å². The zero-order valence-corrected chi connectivity index (χ0v) is 20.4. The molecule has 6 heterocycles. The van der Waals surface area contributed by atoms with E-state index in [0.717, 1.165) is 15.5 Å². The number of nitrogens with zero attached hydrogens (tertiary/aromatic N) is 4. The highest BCUT2D eigenvalue weighted by Gasteiger charge is 2.40. The Morgan fingerprint density at radius 1 is 0.900 bits per heavy atom. The third-order valence-electron chi connectivity index (χ3n) is 7.70. The van der Waals surface area contributed by atoms with Crippen molar-refractivity contribution in [1.29, 1.82) is 0 Å². The van der Waals surface area contributed by atoms with E-state index in [1.165, 1.54) is 28.9 Å². The third-order valence-corrected chi connectivity index (χ3v) is 7.70. The van der Waals surface area contributed by atoms with Gasteiger partial charge >= 0.3 is 11.9 Å². The molecule has 1 unspecified atom stereocenters. The van der Waals surface area contributed by atoms with Gasteiger partial charge < -0.3 is 15.3 Å². The Balaban J connectivity index is 1.35. The molecule has 0 spiro atoms. The largest absolute Gasteiger partial charge is 0.494 e. The van der Waals surface area contributed by atoms with Crippen LogP contribution < -0.4 is 0 Å². The maximum atomic E-state index is 13.8. The van der Waals surface area contributed by atoms with Gasteiger partial charge in [0.2, 0.25) is 5.88 Å². The zero-order chi connectivity index (χ0) is 27.4. The first kappa shape index (κ1) is 22.2. The average Bonchev–Trinajstić information content (AvgIpc) is 3.68. The number of aromatic nitrogens is 3. The van der Waals surface area contributed by atoms with Crippen LogP contribution in [0.1, 0.15) is 43.8 Å². The third kappa shape index (κ3) is 2.68. The van der Waals surface area contributed by atoms with Crippen LogP contribution >= 0.6 is 0 Å². The molecule has 1 atom stereocenters. The Kier molecular flexibility index (Phi) is 4.12. The number of carbonyl (C=O) groups excluding carboxylic acids is 1. The molecule has 3 aromatic rings. The number of allylic oxidation sites excluding steroid dienone is 2. The summed E-state index contributed by atoms with van der Waals surface area (Å²) in [6.45, 7) is 0. The second kappa shape index (κ2) is 7.41. The van der Waals surface area contributed by atoms with Crippen LogP contribution in [0.25, 0.3) is 39.4 Å². The summed E-state index contributed by atoms with van der Waals surface area (Å²) < 4.78 is 2.31. The minimum atomic E-state index is -1.30. The van der Waals surface area contributed by atoms with Crippen molar-refractivity contribution < 1.29 is 29.7 Å². The van der Waals surface area contributed by atoms with E-state index in [2.05, 4.69) is 9.98 Å². The number of aromatic carboxylic acids is 1. The van der Waals surface area contributed by atoms with Crippen LogP contribution in [0.3, 0.4) is 0 Å². The van der Waals surface area contributed by atoms with Gasteiger partial charge in [0.05, 0.1) is 39.6 Å². The number of para-hydroxylation sites is 2. The molecule has 10 heteroatoms. The van der Waals surface area contributed by atoms with E-state index in [9.17, 15) is 29.7 Å². The van der Waals surface area contributed by atoms with Crippen LogP contribution in [0.15, 0.2) is 71.7 Å². The predicted molar refractivity (Wildman–Crippen MR) is 145 cm³/mol. The number of aromatic hydroxyl groups is 1. The maximum Gasteiger partial charge on any atom is 0.353 e. The fraction of sp³-hybridized carbons (Fsp3) is 0.0333. The van der Waals surface area contributed by atoms with Crippen LogP contribution in [0.4, 0.5) is 5.69 Å². The molecule has 5 aliphatic rings. The van der Waals surface area contributed by atoms with Crippen LogP contribution in [-0.4, -0.2) is 53.0 Å². The van der Waals surface area contributed by atoms with Crippen molar-refractivity contribution in [1.82, 2.24) is 14.1 Å². The number of hydrogen-bond acceptors (Lipinski definition) is 6. The Morgan fingerprint density at radius 3 is 2.48 bits per heavy atom. The van der Waals surface area contributed by atoms with Gasteiger partial charge in [-0.3, -0.25) is 13.9 Å². The second-order valence-electron chi connectivity index (χ2n) is 9.79. The molecule has 0 bridgehead atoms. The van der Waals surface area contributed by atoms with Gasteiger partial charge in [-0.2, -0.15) is 0 Å². The first-order valence-corrected chi connectivity index (χ1v) is 12.4. The highest BCUT2D eigenvalue weighted by atomic mass is 16.4. The SMILES string of the molecule is O=C(O)c1cc2c3ccccc3nc-2c2n1C(=O)C(c1cc3n(c1O)C(C(=O)O)C=C1C3=Nc3ccccc31)=C2. The number of fused-ring (bicyclic) bond motifs is 10. The summed E-state index contributed by atoms with van der Waals surface area (Å²) in [5, 5.41) is 32.2. The molecule has 5 aliphatic heterocycles. The van der Waals surface area contributed by atoms with Gasteiger partial charge in [0, 0.05) is 27.6 Å². The normalized spacial score (nSPS) is 16.8. The Morgan fingerprint density at radius 2 is 1.68 bits per heavy atom. The molecule has 0 aliphatic carbocycles. The Labute approximate surface area is 224 Å². The van der Waals surface area contributed by atoms with E-state index in [-0.39, 0.29) is 22.5 Å². The number of aliphatic imine (C=N–C) groups is 1.